The van der Waals surface area contributed by atoms with Crippen molar-refractivity contribution in [3.8, 4) is 0 Å². The third-order valence-corrected chi connectivity index (χ3v) is 11.8. The van der Waals surface area contributed by atoms with E-state index in [0.29, 0.717) is 53.3 Å². The second kappa shape index (κ2) is 9.08. The predicted molar refractivity (Wildman–Crippen MR) is 134 cm³/mol. The van der Waals surface area contributed by atoms with Crippen molar-refractivity contribution in [2.45, 2.75) is 111 Å². The summed E-state index contributed by atoms with van der Waals surface area (Å²) in [7, 11) is -0.0731. The fraction of sp³-hybridized carbons (Fsp3) is 0.929. The maximum Gasteiger partial charge on any atom is 0.305 e. The van der Waals surface area contributed by atoms with Gasteiger partial charge in [-0.15, -0.1) is 0 Å². The molecule has 0 bridgehead atoms. The van der Waals surface area contributed by atoms with E-state index in [1.54, 1.807) is 0 Å². The van der Waals surface area contributed by atoms with Gasteiger partial charge in [0.05, 0.1) is 7.11 Å². The van der Waals surface area contributed by atoms with Crippen molar-refractivity contribution in [3.63, 3.8) is 0 Å². The van der Waals surface area contributed by atoms with Crippen molar-refractivity contribution >= 4 is 20.1 Å². The molecule has 0 spiro atoms. The molecular weight excluding hydrogens is 428 g/mol. The summed E-state index contributed by atoms with van der Waals surface area (Å²) < 4.78 is 11.4. The highest BCUT2D eigenvalue weighted by molar-refractivity contribution is 6.69. The van der Waals surface area contributed by atoms with Gasteiger partial charge in [-0.05, 0) is 111 Å². The first-order valence-corrected chi connectivity index (χ1v) is 17.1. The molecule has 9 atom stereocenters. The summed E-state index contributed by atoms with van der Waals surface area (Å²) in [6, 6.07) is 0. The highest BCUT2D eigenvalue weighted by atomic mass is 28.4. The Balaban J connectivity index is 1.49. The second-order valence-electron chi connectivity index (χ2n) is 13.6. The molecule has 0 saturated heterocycles. The van der Waals surface area contributed by atoms with Gasteiger partial charge in [0.2, 0.25) is 0 Å². The number of carbonyl (C=O) groups is 2. The van der Waals surface area contributed by atoms with Crippen molar-refractivity contribution < 1.29 is 18.8 Å². The number of hydrogen-bond acceptors (Lipinski definition) is 4. The zero-order valence-electron chi connectivity index (χ0n) is 22.2. The van der Waals surface area contributed by atoms with E-state index in [2.05, 4.69) is 40.4 Å². The van der Waals surface area contributed by atoms with E-state index >= 15 is 0 Å². The molecule has 4 nitrogen and oxygen atoms in total. The van der Waals surface area contributed by atoms with Crippen molar-refractivity contribution in [2.24, 2.45) is 46.3 Å². The smallest absolute Gasteiger partial charge is 0.305 e. The number of esters is 1. The van der Waals surface area contributed by atoms with Crippen LogP contribution in [-0.2, 0) is 18.8 Å². The van der Waals surface area contributed by atoms with Crippen molar-refractivity contribution in [1.29, 1.82) is 0 Å². The highest BCUT2D eigenvalue weighted by Gasteiger charge is 2.63. The zero-order valence-corrected chi connectivity index (χ0v) is 23.2. The van der Waals surface area contributed by atoms with Crippen molar-refractivity contribution in [3.05, 3.63) is 0 Å². The minimum atomic E-state index is -1.55. The maximum atomic E-state index is 13.7. The minimum Gasteiger partial charge on any atom is -0.469 e. The molecule has 0 aromatic carbocycles. The van der Waals surface area contributed by atoms with E-state index in [1.165, 1.54) is 45.6 Å². The topological polar surface area (TPSA) is 52.6 Å². The zero-order chi connectivity index (χ0) is 24.2. The van der Waals surface area contributed by atoms with Crippen LogP contribution in [0.3, 0.4) is 0 Å². The number of Topliss-reactive ketones (excluding diaryl/α,β-unsaturated/α-hetero) is 1. The number of carbonyl (C=O) groups excluding carboxylic acids is 2. The van der Waals surface area contributed by atoms with Gasteiger partial charge in [-0.3, -0.25) is 9.59 Å². The second-order valence-corrected chi connectivity index (χ2v) is 18.0. The summed E-state index contributed by atoms with van der Waals surface area (Å²) in [5.74, 6) is 3.44. The Morgan fingerprint density at radius 1 is 1.06 bits per heavy atom. The molecule has 0 N–H and O–H groups in total. The lowest BCUT2D eigenvalue weighted by Gasteiger charge is -2.60. The first kappa shape index (κ1) is 25.4. The molecule has 4 saturated carbocycles. The monoisotopic (exact) mass is 476 g/mol. The van der Waals surface area contributed by atoms with Crippen LogP contribution in [0.4, 0.5) is 0 Å². The highest BCUT2D eigenvalue weighted by Crippen LogP contribution is 2.67. The molecule has 0 aromatic heterocycles. The van der Waals surface area contributed by atoms with Crippen LogP contribution in [0.1, 0.15) is 85.0 Å². The third-order valence-electron chi connectivity index (χ3n) is 10.7. The fourth-order valence-electron chi connectivity index (χ4n) is 9.12. The first-order valence-electron chi connectivity index (χ1n) is 13.7. The fourth-order valence-corrected chi connectivity index (χ4v) is 10.3. The van der Waals surface area contributed by atoms with E-state index in [4.69, 9.17) is 9.16 Å². The molecule has 4 aliphatic rings. The van der Waals surface area contributed by atoms with Crippen LogP contribution < -0.4 is 0 Å². The van der Waals surface area contributed by atoms with Gasteiger partial charge in [-0.25, -0.2) is 0 Å². The molecule has 4 fully saturated rings. The van der Waals surface area contributed by atoms with Crippen LogP contribution in [0.2, 0.25) is 19.6 Å². The van der Waals surface area contributed by atoms with Gasteiger partial charge in [0.25, 0.3) is 0 Å². The Bertz CT molecular complexity index is 759. The SMILES string of the molecule is COC(=O)CC[C@@H](C)C1CCC2C3C(=O)CC4CC(O[Si](C)(C)C)CC[C@]4(C)C3CC[C@@]21C. The molecule has 5 heteroatoms. The molecule has 0 amide bonds. The van der Waals surface area contributed by atoms with E-state index < -0.39 is 8.32 Å². The third kappa shape index (κ3) is 4.62. The Kier molecular flexibility index (Phi) is 6.99. The predicted octanol–water partition coefficient (Wildman–Crippen LogP) is 6.63. The number of rotatable bonds is 6. The van der Waals surface area contributed by atoms with E-state index in [1.807, 2.05) is 0 Å². The Labute approximate surface area is 203 Å². The lowest BCUT2D eigenvalue weighted by molar-refractivity contribution is -0.160. The molecule has 0 aromatic rings. The molecular formula is C28H48O4Si. The summed E-state index contributed by atoms with van der Waals surface area (Å²) in [4.78, 5) is 25.5. The molecule has 0 radical (unpaired) electrons. The van der Waals surface area contributed by atoms with E-state index in [0.717, 1.165) is 19.3 Å². The molecule has 188 valence electrons. The average Bonchev–Trinajstić information content (AvgIpc) is 3.09. The number of methoxy groups -OCH3 is 1. The lowest BCUT2D eigenvalue weighted by Crippen LogP contribution is -2.57. The number of ether oxygens (including phenoxy) is 1. The summed E-state index contributed by atoms with van der Waals surface area (Å²) in [6.07, 6.45) is 10.9. The van der Waals surface area contributed by atoms with Crippen LogP contribution in [0.25, 0.3) is 0 Å². The van der Waals surface area contributed by atoms with Crippen LogP contribution in [0, 0.1) is 46.3 Å². The van der Waals surface area contributed by atoms with Crippen molar-refractivity contribution in [1.82, 2.24) is 0 Å². The van der Waals surface area contributed by atoms with E-state index in [-0.39, 0.29) is 17.3 Å². The van der Waals surface area contributed by atoms with Gasteiger partial charge in [0.1, 0.15) is 5.78 Å². The number of hydrogen-bond donors (Lipinski definition) is 0. The lowest BCUT2D eigenvalue weighted by atomic mass is 9.44. The Morgan fingerprint density at radius 2 is 1.73 bits per heavy atom. The summed E-state index contributed by atoms with van der Waals surface area (Å²) in [6.45, 7) is 14.2. The first-order chi connectivity index (χ1) is 15.4. The van der Waals surface area contributed by atoms with Crippen LogP contribution >= 0.6 is 0 Å². The quantitative estimate of drug-likeness (QED) is 0.319. The molecule has 33 heavy (non-hydrogen) atoms. The van der Waals surface area contributed by atoms with Gasteiger partial charge < -0.3 is 9.16 Å². The minimum absolute atomic E-state index is 0.0969. The van der Waals surface area contributed by atoms with Gasteiger partial charge in [0, 0.05) is 24.9 Å². The summed E-state index contributed by atoms with van der Waals surface area (Å²) in [5.41, 5.74) is 0.543. The summed E-state index contributed by atoms with van der Waals surface area (Å²) in [5, 5.41) is 0. The largest absolute Gasteiger partial charge is 0.469 e. The van der Waals surface area contributed by atoms with Gasteiger partial charge in [0.15, 0.2) is 8.32 Å². The normalized spacial score (nSPS) is 43.9. The molecule has 4 aliphatic carbocycles. The van der Waals surface area contributed by atoms with Crippen LogP contribution in [-0.4, -0.2) is 33.3 Å². The van der Waals surface area contributed by atoms with E-state index in [9.17, 15) is 9.59 Å². The van der Waals surface area contributed by atoms with Gasteiger partial charge in [-0.2, -0.15) is 0 Å². The van der Waals surface area contributed by atoms with Crippen LogP contribution in [0.15, 0.2) is 0 Å². The molecule has 6 unspecified atom stereocenters. The average molecular weight is 477 g/mol. The number of ketones is 1. The molecule has 4 rings (SSSR count). The van der Waals surface area contributed by atoms with Crippen molar-refractivity contribution in [2.75, 3.05) is 7.11 Å². The summed E-state index contributed by atoms with van der Waals surface area (Å²) >= 11 is 0. The van der Waals surface area contributed by atoms with Gasteiger partial charge >= 0.3 is 5.97 Å². The standard InChI is InChI=1S/C28H48O4Si/c1-18(8-11-25(30)31-4)21-9-10-22-26-23(13-15-28(21,22)3)27(2)14-12-20(32-33(5,6)7)16-19(27)17-24(26)29/h18-23,26H,8-17H2,1-7H3/t18-,19?,20?,21?,22?,23?,26?,27+,28-/m1/s1. The number of fused-ring (bicyclic) bond motifs is 5. The molecule has 0 aliphatic heterocycles. The van der Waals surface area contributed by atoms with Crippen LogP contribution in [0.5, 0.6) is 0 Å². The molecule has 0 heterocycles. The Hall–Kier alpha value is -0.683. The Morgan fingerprint density at radius 3 is 2.39 bits per heavy atom. The van der Waals surface area contributed by atoms with Gasteiger partial charge in [-0.1, -0.05) is 20.8 Å². The maximum absolute atomic E-state index is 13.7.